The van der Waals surface area contributed by atoms with Crippen molar-refractivity contribution in [3.05, 3.63) is 11.1 Å². The summed E-state index contributed by atoms with van der Waals surface area (Å²) < 4.78 is 0. The summed E-state index contributed by atoms with van der Waals surface area (Å²) in [7, 11) is 0. The molecule has 0 amide bonds. The van der Waals surface area contributed by atoms with Crippen LogP contribution in [0, 0.1) is 16.7 Å². The minimum atomic E-state index is -0.203. The topological polar surface area (TPSA) is 20.2 Å². The highest BCUT2D eigenvalue weighted by Gasteiger charge is 2.55. The smallest absolute Gasteiger partial charge is 0.0791 e. The second-order valence-corrected chi connectivity index (χ2v) is 6.49. The Morgan fingerprint density at radius 3 is 2.27 bits per heavy atom. The van der Waals surface area contributed by atoms with E-state index in [0.717, 1.165) is 0 Å². The van der Waals surface area contributed by atoms with E-state index in [-0.39, 0.29) is 16.9 Å². The van der Waals surface area contributed by atoms with E-state index in [9.17, 15) is 5.11 Å². The molecule has 2 rings (SSSR count). The Kier molecular flexibility index (Phi) is 2.31. The Balaban J connectivity index is 2.47. The highest BCUT2D eigenvalue weighted by molar-refractivity contribution is 5.33. The van der Waals surface area contributed by atoms with E-state index >= 15 is 0 Å². The Morgan fingerprint density at radius 2 is 1.73 bits per heavy atom. The third-order valence-electron chi connectivity index (χ3n) is 5.25. The van der Waals surface area contributed by atoms with Crippen LogP contribution in [-0.2, 0) is 0 Å². The summed E-state index contributed by atoms with van der Waals surface area (Å²) in [6.45, 7) is 11.3. The van der Waals surface area contributed by atoms with Gasteiger partial charge in [-0.2, -0.15) is 0 Å². The molecule has 0 unspecified atom stereocenters. The Hall–Kier alpha value is -0.300. The lowest BCUT2D eigenvalue weighted by molar-refractivity contribution is -0.0298. The standard InChI is InChI=1S/C14H24O/c1-9-10(2)14(5)8-6-7-13(3,4)12(14)11(9)15/h11-12,15H,6-8H2,1-5H3/t11-,12-,14-/m0/s1. The summed E-state index contributed by atoms with van der Waals surface area (Å²) in [6, 6.07) is 0. The van der Waals surface area contributed by atoms with Gasteiger partial charge < -0.3 is 5.11 Å². The van der Waals surface area contributed by atoms with E-state index in [0.29, 0.717) is 5.92 Å². The Bertz CT molecular complexity index is 313. The van der Waals surface area contributed by atoms with E-state index in [1.54, 1.807) is 0 Å². The van der Waals surface area contributed by atoms with Crippen LogP contribution >= 0.6 is 0 Å². The molecule has 0 saturated heterocycles. The van der Waals surface area contributed by atoms with Crippen LogP contribution in [0.4, 0.5) is 0 Å². The van der Waals surface area contributed by atoms with Crippen molar-refractivity contribution >= 4 is 0 Å². The predicted molar refractivity (Wildman–Crippen MR) is 63.6 cm³/mol. The molecule has 1 N–H and O–H groups in total. The lowest BCUT2D eigenvalue weighted by atomic mass is 9.56. The van der Waals surface area contributed by atoms with E-state index in [2.05, 4.69) is 34.6 Å². The first-order valence-electron chi connectivity index (χ1n) is 6.16. The van der Waals surface area contributed by atoms with Crippen molar-refractivity contribution in [3.63, 3.8) is 0 Å². The van der Waals surface area contributed by atoms with Gasteiger partial charge in [0.25, 0.3) is 0 Å². The van der Waals surface area contributed by atoms with Gasteiger partial charge >= 0.3 is 0 Å². The second-order valence-electron chi connectivity index (χ2n) is 6.49. The number of allylic oxidation sites excluding steroid dienone is 1. The summed E-state index contributed by atoms with van der Waals surface area (Å²) >= 11 is 0. The van der Waals surface area contributed by atoms with Crippen molar-refractivity contribution in [2.75, 3.05) is 0 Å². The van der Waals surface area contributed by atoms with E-state index in [4.69, 9.17) is 0 Å². The van der Waals surface area contributed by atoms with Crippen molar-refractivity contribution < 1.29 is 5.11 Å². The molecule has 0 heterocycles. The molecule has 86 valence electrons. The van der Waals surface area contributed by atoms with Crippen molar-refractivity contribution in [1.82, 2.24) is 0 Å². The van der Waals surface area contributed by atoms with Crippen molar-refractivity contribution in [2.24, 2.45) is 16.7 Å². The first kappa shape index (κ1) is 11.2. The maximum atomic E-state index is 10.4. The number of hydrogen-bond acceptors (Lipinski definition) is 1. The largest absolute Gasteiger partial charge is 0.388 e. The molecule has 0 aromatic heterocycles. The van der Waals surface area contributed by atoms with Gasteiger partial charge in [-0.3, -0.25) is 0 Å². The van der Waals surface area contributed by atoms with Crippen LogP contribution in [0.5, 0.6) is 0 Å². The van der Waals surface area contributed by atoms with E-state index in [1.807, 2.05) is 0 Å². The summed E-state index contributed by atoms with van der Waals surface area (Å²) in [5.74, 6) is 0.429. The lowest BCUT2D eigenvalue weighted by Gasteiger charge is -2.49. The zero-order chi connectivity index (χ0) is 11.4. The molecular formula is C14H24O. The van der Waals surface area contributed by atoms with Gasteiger partial charge in [0.15, 0.2) is 0 Å². The molecule has 0 aliphatic heterocycles. The third-order valence-corrected chi connectivity index (χ3v) is 5.25. The first-order valence-corrected chi connectivity index (χ1v) is 6.16. The van der Waals surface area contributed by atoms with E-state index < -0.39 is 0 Å². The Morgan fingerprint density at radius 1 is 1.13 bits per heavy atom. The monoisotopic (exact) mass is 208 g/mol. The van der Waals surface area contributed by atoms with Crippen LogP contribution in [0.2, 0.25) is 0 Å². The molecule has 0 radical (unpaired) electrons. The molecular weight excluding hydrogens is 184 g/mol. The number of rotatable bonds is 0. The zero-order valence-corrected chi connectivity index (χ0v) is 10.7. The fourth-order valence-electron chi connectivity index (χ4n) is 4.20. The average molecular weight is 208 g/mol. The van der Waals surface area contributed by atoms with Gasteiger partial charge in [-0.25, -0.2) is 0 Å². The second kappa shape index (κ2) is 3.10. The third kappa shape index (κ3) is 1.32. The van der Waals surface area contributed by atoms with Gasteiger partial charge in [0.2, 0.25) is 0 Å². The molecule has 15 heavy (non-hydrogen) atoms. The molecule has 1 nitrogen and oxygen atoms in total. The molecule has 2 aliphatic rings. The normalized spacial score (nSPS) is 44.4. The minimum Gasteiger partial charge on any atom is -0.388 e. The number of hydrogen-bond donors (Lipinski definition) is 1. The van der Waals surface area contributed by atoms with Gasteiger partial charge in [-0.15, -0.1) is 0 Å². The van der Waals surface area contributed by atoms with Gasteiger partial charge in [0, 0.05) is 5.92 Å². The lowest BCUT2D eigenvalue weighted by Crippen LogP contribution is -2.45. The molecule has 1 saturated carbocycles. The molecule has 0 aromatic carbocycles. The van der Waals surface area contributed by atoms with Crippen LogP contribution in [0.3, 0.4) is 0 Å². The number of fused-ring (bicyclic) bond motifs is 1. The van der Waals surface area contributed by atoms with Gasteiger partial charge in [0.1, 0.15) is 0 Å². The zero-order valence-electron chi connectivity index (χ0n) is 10.7. The van der Waals surface area contributed by atoms with Crippen LogP contribution < -0.4 is 0 Å². The fourth-order valence-corrected chi connectivity index (χ4v) is 4.20. The van der Waals surface area contributed by atoms with Crippen molar-refractivity contribution in [1.29, 1.82) is 0 Å². The first-order chi connectivity index (χ1) is 6.81. The van der Waals surface area contributed by atoms with Crippen LogP contribution in [0.15, 0.2) is 11.1 Å². The number of aliphatic hydroxyl groups is 1. The average Bonchev–Trinajstić information content (AvgIpc) is 2.28. The molecule has 2 aliphatic carbocycles. The molecule has 0 spiro atoms. The van der Waals surface area contributed by atoms with Crippen LogP contribution in [0.25, 0.3) is 0 Å². The summed E-state index contributed by atoms with van der Waals surface area (Å²) in [4.78, 5) is 0. The fraction of sp³-hybridized carbons (Fsp3) is 0.857. The van der Waals surface area contributed by atoms with Crippen LogP contribution in [0.1, 0.15) is 53.9 Å². The highest BCUT2D eigenvalue weighted by atomic mass is 16.3. The maximum Gasteiger partial charge on any atom is 0.0791 e. The SMILES string of the molecule is CC1=C(C)[C@]2(C)CCCC(C)(C)[C@@H]2[C@H]1O. The molecule has 0 bridgehead atoms. The van der Waals surface area contributed by atoms with Crippen molar-refractivity contribution in [2.45, 2.75) is 60.0 Å². The Labute approximate surface area is 93.6 Å². The van der Waals surface area contributed by atoms with Gasteiger partial charge in [-0.05, 0) is 43.1 Å². The van der Waals surface area contributed by atoms with Gasteiger partial charge in [0.05, 0.1) is 6.10 Å². The van der Waals surface area contributed by atoms with Gasteiger partial charge in [-0.1, -0.05) is 32.8 Å². The molecule has 0 aromatic rings. The molecule has 1 heteroatoms. The minimum absolute atomic E-state index is 0.203. The van der Waals surface area contributed by atoms with Crippen LogP contribution in [-0.4, -0.2) is 11.2 Å². The summed E-state index contributed by atoms with van der Waals surface area (Å²) in [5.41, 5.74) is 3.22. The van der Waals surface area contributed by atoms with Crippen molar-refractivity contribution in [3.8, 4) is 0 Å². The predicted octanol–water partition coefficient (Wildman–Crippen LogP) is 3.53. The molecule has 1 fully saturated rings. The molecule has 3 atom stereocenters. The summed E-state index contributed by atoms with van der Waals surface area (Å²) in [5, 5.41) is 10.4. The number of aliphatic hydroxyl groups excluding tert-OH is 1. The maximum absolute atomic E-state index is 10.4. The van der Waals surface area contributed by atoms with E-state index in [1.165, 1.54) is 30.4 Å². The quantitative estimate of drug-likeness (QED) is 0.604. The highest BCUT2D eigenvalue weighted by Crippen LogP contribution is 2.60. The summed E-state index contributed by atoms with van der Waals surface area (Å²) in [6.07, 6.45) is 3.61.